The quantitative estimate of drug-likeness (QED) is 0.528. The zero-order valence-corrected chi connectivity index (χ0v) is 15.0. The second-order valence-corrected chi connectivity index (χ2v) is 7.69. The van der Waals surface area contributed by atoms with Gasteiger partial charge in [0.1, 0.15) is 0 Å². The number of nitrogens with zero attached hydrogens (tertiary/aromatic N) is 1. The van der Waals surface area contributed by atoms with Crippen LogP contribution in [0.1, 0.15) is 41.0 Å². The molecule has 0 saturated carbocycles. The smallest absolute Gasteiger partial charge is 0.374 e. The molecule has 0 saturated heterocycles. The SMILES string of the molecule is CCO[Si](CCCN(CC)CC(C)N)(OCC)OCC. The molecule has 0 spiro atoms. The maximum Gasteiger partial charge on any atom is 0.500 e. The molecule has 0 aromatic carbocycles. The van der Waals surface area contributed by atoms with Gasteiger partial charge in [0.05, 0.1) is 0 Å². The molecule has 2 N–H and O–H groups in total. The third-order valence-electron chi connectivity index (χ3n) is 3.04. The highest BCUT2D eigenvalue weighted by molar-refractivity contribution is 6.60. The molecule has 0 aromatic heterocycles. The fourth-order valence-corrected chi connectivity index (χ4v) is 4.90. The molecule has 5 nitrogen and oxygen atoms in total. The Bertz CT molecular complexity index is 213. The average Bonchev–Trinajstić information content (AvgIpc) is 2.38. The van der Waals surface area contributed by atoms with E-state index in [1.165, 1.54) is 0 Å². The van der Waals surface area contributed by atoms with E-state index in [0.29, 0.717) is 19.8 Å². The zero-order valence-electron chi connectivity index (χ0n) is 14.0. The van der Waals surface area contributed by atoms with Crippen LogP contribution in [0.15, 0.2) is 0 Å². The summed E-state index contributed by atoms with van der Waals surface area (Å²) < 4.78 is 17.6. The van der Waals surface area contributed by atoms with Crippen LogP contribution in [-0.4, -0.2) is 59.2 Å². The number of hydrogen-bond acceptors (Lipinski definition) is 5. The summed E-state index contributed by atoms with van der Waals surface area (Å²) in [7, 11) is -2.47. The molecule has 122 valence electrons. The highest BCUT2D eigenvalue weighted by Crippen LogP contribution is 2.18. The van der Waals surface area contributed by atoms with Gasteiger partial charge in [-0.3, -0.25) is 0 Å². The minimum absolute atomic E-state index is 0.211. The monoisotopic (exact) mass is 306 g/mol. The molecule has 0 aliphatic rings. The van der Waals surface area contributed by atoms with Crippen LogP contribution in [0.3, 0.4) is 0 Å². The number of likely N-dealkylation sites (N-methyl/N-ethyl adjacent to an activating group) is 1. The molecule has 0 rings (SSSR count). The van der Waals surface area contributed by atoms with Crippen molar-refractivity contribution in [1.82, 2.24) is 4.90 Å². The summed E-state index contributed by atoms with van der Waals surface area (Å²) >= 11 is 0. The first-order chi connectivity index (χ1) is 9.53. The fourth-order valence-electron chi connectivity index (χ4n) is 2.31. The van der Waals surface area contributed by atoms with Gasteiger partial charge >= 0.3 is 8.80 Å². The normalized spacial score (nSPS) is 13.9. The van der Waals surface area contributed by atoms with E-state index >= 15 is 0 Å². The van der Waals surface area contributed by atoms with E-state index < -0.39 is 8.80 Å². The Morgan fingerprint density at radius 2 is 1.50 bits per heavy atom. The zero-order chi connectivity index (χ0) is 15.4. The Hall–Kier alpha value is 0.0169. The van der Waals surface area contributed by atoms with Crippen molar-refractivity contribution >= 4 is 8.80 Å². The van der Waals surface area contributed by atoms with Crippen LogP contribution in [0, 0.1) is 0 Å². The molecule has 0 aromatic rings. The minimum Gasteiger partial charge on any atom is -0.374 e. The van der Waals surface area contributed by atoms with Crippen LogP contribution < -0.4 is 5.73 Å². The molecule has 0 radical (unpaired) electrons. The van der Waals surface area contributed by atoms with Gasteiger partial charge in [-0.25, -0.2) is 0 Å². The molecule has 0 fully saturated rings. The predicted molar refractivity (Wildman–Crippen MR) is 85.8 cm³/mol. The van der Waals surface area contributed by atoms with E-state index in [-0.39, 0.29) is 6.04 Å². The van der Waals surface area contributed by atoms with Gasteiger partial charge in [0.15, 0.2) is 0 Å². The fraction of sp³-hybridized carbons (Fsp3) is 1.00. The minimum atomic E-state index is -2.47. The van der Waals surface area contributed by atoms with Gasteiger partial charge in [0.2, 0.25) is 0 Å². The summed E-state index contributed by atoms with van der Waals surface area (Å²) in [4.78, 5) is 2.37. The van der Waals surface area contributed by atoms with Crippen LogP contribution in [-0.2, 0) is 13.3 Å². The third-order valence-corrected chi connectivity index (χ3v) is 6.19. The summed E-state index contributed by atoms with van der Waals surface area (Å²) in [6, 6.07) is 1.08. The Morgan fingerprint density at radius 3 is 1.85 bits per heavy atom. The second kappa shape index (κ2) is 11.7. The molecule has 20 heavy (non-hydrogen) atoms. The first kappa shape index (κ1) is 20.0. The Morgan fingerprint density at radius 1 is 1.00 bits per heavy atom. The van der Waals surface area contributed by atoms with E-state index in [9.17, 15) is 0 Å². The van der Waals surface area contributed by atoms with Crippen molar-refractivity contribution in [3.05, 3.63) is 0 Å². The predicted octanol–water partition coefficient (Wildman–Crippen LogP) is 2.09. The molecule has 1 atom stereocenters. The van der Waals surface area contributed by atoms with Gasteiger partial charge < -0.3 is 23.9 Å². The molecule has 6 heteroatoms. The van der Waals surface area contributed by atoms with E-state index in [0.717, 1.165) is 32.1 Å². The van der Waals surface area contributed by atoms with Gasteiger partial charge in [0.25, 0.3) is 0 Å². The van der Waals surface area contributed by atoms with E-state index in [4.69, 9.17) is 19.0 Å². The summed E-state index contributed by atoms with van der Waals surface area (Å²) in [5.74, 6) is 0. The van der Waals surface area contributed by atoms with Crippen LogP contribution in [0.2, 0.25) is 6.04 Å². The maximum atomic E-state index is 5.86. The van der Waals surface area contributed by atoms with Crippen LogP contribution >= 0.6 is 0 Å². The Kier molecular flexibility index (Phi) is 11.7. The van der Waals surface area contributed by atoms with Gasteiger partial charge in [-0.1, -0.05) is 6.92 Å². The van der Waals surface area contributed by atoms with E-state index in [1.54, 1.807) is 0 Å². The Labute approximate surface area is 126 Å². The lowest BCUT2D eigenvalue weighted by atomic mass is 10.3. The van der Waals surface area contributed by atoms with Gasteiger partial charge in [-0.05, 0) is 47.2 Å². The standard InChI is InChI=1S/C14H34N2O3Si/c1-6-16(13-14(5)15)11-10-12-20(17-7-2,18-8-3)19-9-4/h14H,6-13,15H2,1-5H3. The highest BCUT2D eigenvalue weighted by Gasteiger charge is 2.39. The highest BCUT2D eigenvalue weighted by atomic mass is 28.4. The number of nitrogens with two attached hydrogens (primary N) is 1. The molecule has 0 bridgehead atoms. The molecule has 0 heterocycles. The van der Waals surface area contributed by atoms with Crippen LogP contribution in [0.5, 0.6) is 0 Å². The maximum absolute atomic E-state index is 5.86. The van der Waals surface area contributed by atoms with Gasteiger partial charge in [0, 0.05) is 38.5 Å². The summed E-state index contributed by atoms with van der Waals surface area (Å²) in [6.07, 6.45) is 1.02. The lowest BCUT2D eigenvalue weighted by Crippen LogP contribution is -2.46. The summed E-state index contributed by atoms with van der Waals surface area (Å²) in [5.41, 5.74) is 5.86. The molecular formula is C14H34N2O3Si. The Balaban J connectivity index is 4.35. The first-order valence-corrected chi connectivity index (χ1v) is 9.86. The largest absolute Gasteiger partial charge is 0.500 e. The molecular weight excluding hydrogens is 272 g/mol. The van der Waals surface area contributed by atoms with Crippen molar-refractivity contribution in [1.29, 1.82) is 0 Å². The van der Waals surface area contributed by atoms with Crippen molar-refractivity contribution in [3.8, 4) is 0 Å². The van der Waals surface area contributed by atoms with Gasteiger partial charge in [-0.15, -0.1) is 0 Å². The molecule has 0 amide bonds. The van der Waals surface area contributed by atoms with Crippen molar-refractivity contribution < 1.29 is 13.3 Å². The van der Waals surface area contributed by atoms with Crippen LogP contribution in [0.4, 0.5) is 0 Å². The lowest BCUT2D eigenvalue weighted by molar-refractivity contribution is 0.0699. The molecule has 0 aliphatic carbocycles. The molecule has 0 aliphatic heterocycles. The summed E-state index contributed by atoms with van der Waals surface area (Å²) in [5, 5.41) is 0. The van der Waals surface area contributed by atoms with Crippen molar-refractivity contribution in [2.24, 2.45) is 5.73 Å². The second-order valence-electron chi connectivity index (χ2n) is 4.96. The average molecular weight is 307 g/mol. The van der Waals surface area contributed by atoms with Crippen molar-refractivity contribution in [2.45, 2.75) is 53.1 Å². The third kappa shape index (κ3) is 8.34. The van der Waals surface area contributed by atoms with E-state index in [1.807, 2.05) is 27.7 Å². The number of rotatable bonds is 13. The molecule has 1 unspecified atom stereocenters. The lowest BCUT2D eigenvalue weighted by Gasteiger charge is -2.29. The van der Waals surface area contributed by atoms with E-state index in [2.05, 4.69) is 11.8 Å². The number of hydrogen-bond donors (Lipinski definition) is 1. The van der Waals surface area contributed by atoms with Crippen molar-refractivity contribution in [2.75, 3.05) is 39.5 Å². The topological polar surface area (TPSA) is 57.0 Å². The van der Waals surface area contributed by atoms with Gasteiger partial charge in [-0.2, -0.15) is 0 Å². The van der Waals surface area contributed by atoms with Crippen LogP contribution in [0.25, 0.3) is 0 Å². The first-order valence-electron chi connectivity index (χ1n) is 7.93. The van der Waals surface area contributed by atoms with Crippen molar-refractivity contribution in [3.63, 3.8) is 0 Å². The summed E-state index contributed by atoms with van der Waals surface area (Å²) in [6.45, 7) is 15.1.